The van der Waals surface area contributed by atoms with Gasteiger partial charge in [-0.05, 0) is 42.8 Å². The molecule has 32 heavy (non-hydrogen) atoms. The number of carbonyl (C=O) groups excluding carboxylic acids is 1. The second kappa shape index (κ2) is 9.19. The van der Waals surface area contributed by atoms with Gasteiger partial charge in [-0.15, -0.1) is 0 Å². The van der Waals surface area contributed by atoms with Crippen LogP contribution in [0.25, 0.3) is 10.9 Å². The van der Waals surface area contributed by atoms with Crippen molar-refractivity contribution in [2.75, 3.05) is 31.7 Å². The van der Waals surface area contributed by atoms with Crippen molar-refractivity contribution in [1.29, 1.82) is 0 Å². The average Bonchev–Trinajstić information content (AvgIpc) is 3.22. The molecule has 0 aliphatic carbocycles. The third kappa shape index (κ3) is 4.43. The summed E-state index contributed by atoms with van der Waals surface area (Å²) in [5.41, 5.74) is 0.847. The van der Waals surface area contributed by atoms with Gasteiger partial charge in [0.25, 0.3) is 5.56 Å². The highest BCUT2D eigenvalue weighted by molar-refractivity contribution is 7.89. The SMILES string of the molecule is COCCN(Cc1nc2ccccc2c(=O)[nH]1)S(=O)(=O)c1ccc(N2CCCC2=O)cc1. The number of carbonyl (C=O) groups is 1. The number of H-pyrrole nitrogens is 1. The van der Waals surface area contributed by atoms with Gasteiger partial charge in [-0.3, -0.25) is 9.59 Å². The summed E-state index contributed by atoms with van der Waals surface area (Å²) < 4.78 is 33.0. The summed E-state index contributed by atoms with van der Waals surface area (Å²) >= 11 is 0. The van der Waals surface area contributed by atoms with Crippen molar-refractivity contribution in [2.24, 2.45) is 0 Å². The predicted octanol–water partition coefficient (Wildman–Crippen LogP) is 1.89. The summed E-state index contributed by atoms with van der Waals surface area (Å²) in [7, 11) is -2.41. The van der Waals surface area contributed by atoms with E-state index in [0.29, 0.717) is 29.6 Å². The first-order valence-electron chi connectivity index (χ1n) is 10.3. The second-order valence-electron chi connectivity index (χ2n) is 7.50. The molecule has 0 atom stereocenters. The lowest BCUT2D eigenvalue weighted by molar-refractivity contribution is -0.117. The molecule has 1 aromatic heterocycles. The van der Waals surface area contributed by atoms with Gasteiger partial charge >= 0.3 is 0 Å². The van der Waals surface area contributed by atoms with E-state index >= 15 is 0 Å². The van der Waals surface area contributed by atoms with Crippen molar-refractivity contribution >= 4 is 32.5 Å². The number of fused-ring (bicyclic) bond motifs is 1. The molecule has 1 aliphatic rings. The smallest absolute Gasteiger partial charge is 0.258 e. The van der Waals surface area contributed by atoms with Crippen LogP contribution >= 0.6 is 0 Å². The largest absolute Gasteiger partial charge is 0.383 e. The van der Waals surface area contributed by atoms with Crippen LogP contribution in [-0.4, -0.2) is 55.4 Å². The lowest BCUT2D eigenvalue weighted by Gasteiger charge is -2.22. The van der Waals surface area contributed by atoms with Crippen molar-refractivity contribution in [3.05, 3.63) is 64.7 Å². The quantitative estimate of drug-likeness (QED) is 0.554. The van der Waals surface area contributed by atoms with Gasteiger partial charge in [0.2, 0.25) is 15.9 Å². The van der Waals surface area contributed by atoms with E-state index in [1.165, 1.54) is 23.5 Å². The molecule has 1 saturated heterocycles. The zero-order valence-corrected chi connectivity index (χ0v) is 18.5. The Morgan fingerprint density at radius 3 is 2.56 bits per heavy atom. The zero-order chi connectivity index (χ0) is 22.7. The number of para-hydroxylation sites is 1. The van der Waals surface area contributed by atoms with Gasteiger partial charge in [0.1, 0.15) is 5.82 Å². The summed E-state index contributed by atoms with van der Waals surface area (Å²) in [6, 6.07) is 13.1. The van der Waals surface area contributed by atoms with E-state index < -0.39 is 10.0 Å². The number of nitrogens with zero attached hydrogens (tertiary/aromatic N) is 3. The summed E-state index contributed by atoms with van der Waals surface area (Å²) in [5, 5.41) is 0.439. The molecule has 1 aliphatic heterocycles. The molecule has 0 radical (unpaired) electrons. The van der Waals surface area contributed by atoms with E-state index in [0.717, 1.165) is 6.42 Å². The average molecular weight is 457 g/mol. The van der Waals surface area contributed by atoms with Crippen LogP contribution in [0.1, 0.15) is 18.7 Å². The van der Waals surface area contributed by atoms with Crippen molar-refractivity contribution in [1.82, 2.24) is 14.3 Å². The van der Waals surface area contributed by atoms with Gasteiger partial charge < -0.3 is 14.6 Å². The molecule has 2 heterocycles. The van der Waals surface area contributed by atoms with Crippen LogP contribution in [-0.2, 0) is 26.1 Å². The molecular formula is C22H24N4O5S. The number of amides is 1. The summed E-state index contributed by atoms with van der Waals surface area (Å²) in [5.74, 6) is 0.279. The van der Waals surface area contributed by atoms with Crippen LogP contribution in [0.3, 0.4) is 0 Å². The second-order valence-corrected chi connectivity index (χ2v) is 9.44. The van der Waals surface area contributed by atoms with Crippen molar-refractivity contribution < 1.29 is 17.9 Å². The lowest BCUT2D eigenvalue weighted by atomic mass is 10.2. The zero-order valence-electron chi connectivity index (χ0n) is 17.7. The van der Waals surface area contributed by atoms with Crippen LogP contribution in [0, 0.1) is 0 Å². The van der Waals surface area contributed by atoms with Crippen LogP contribution in [0.2, 0.25) is 0 Å². The predicted molar refractivity (Wildman–Crippen MR) is 120 cm³/mol. The molecule has 1 N–H and O–H groups in total. The maximum Gasteiger partial charge on any atom is 0.258 e. The van der Waals surface area contributed by atoms with Gasteiger partial charge in [-0.1, -0.05) is 12.1 Å². The summed E-state index contributed by atoms with van der Waals surface area (Å²) in [6.07, 6.45) is 1.29. The monoisotopic (exact) mass is 456 g/mol. The fourth-order valence-corrected chi connectivity index (χ4v) is 5.11. The van der Waals surface area contributed by atoms with E-state index in [4.69, 9.17) is 4.74 Å². The number of hydrogen-bond acceptors (Lipinski definition) is 6. The Morgan fingerprint density at radius 1 is 1.12 bits per heavy atom. The first kappa shape index (κ1) is 22.1. The van der Waals surface area contributed by atoms with Crippen molar-refractivity contribution in [2.45, 2.75) is 24.3 Å². The Bertz CT molecular complexity index is 1290. The lowest BCUT2D eigenvalue weighted by Crippen LogP contribution is -2.34. The number of methoxy groups -OCH3 is 1. The number of aromatic nitrogens is 2. The fourth-order valence-electron chi connectivity index (χ4n) is 3.72. The van der Waals surface area contributed by atoms with Crippen LogP contribution < -0.4 is 10.5 Å². The molecule has 0 bridgehead atoms. The molecule has 3 aromatic rings. The Morgan fingerprint density at radius 2 is 1.88 bits per heavy atom. The van der Waals surface area contributed by atoms with Crippen LogP contribution in [0.4, 0.5) is 5.69 Å². The van der Waals surface area contributed by atoms with Gasteiger partial charge in [0.05, 0.1) is 29.0 Å². The number of benzene rings is 2. The number of aromatic amines is 1. The van der Waals surface area contributed by atoms with Crippen molar-refractivity contribution in [3.63, 3.8) is 0 Å². The number of rotatable bonds is 8. The maximum atomic E-state index is 13.4. The highest BCUT2D eigenvalue weighted by Crippen LogP contribution is 2.25. The van der Waals surface area contributed by atoms with Gasteiger partial charge in [-0.25, -0.2) is 13.4 Å². The maximum absolute atomic E-state index is 13.4. The summed E-state index contributed by atoms with van der Waals surface area (Å²) in [6.45, 7) is 0.781. The Kier molecular flexibility index (Phi) is 6.35. The minimum Gasteiger partial charge on any atom is -0.383 e. The first-order chi connectivity index (χ1) is 15.4. The molecule has 10 heteroatoms. The van der Waals surface area contributed by atoms with Gasteiger partial charge in [-0.2, -0.15) is 4.31 Å². The van der Waals surface area contributed by atoms with Gasteiger partial charge in [0, 0.05) is 32.3 Å². The first-order valence-corrected chi connectivity index (χ1v) is 11.7. The van der Waals surface area contributed by atoms with E-state index in [9.17, 15) is 18.0 Å². The molecule has 0 spiro atoms. The van der Waals surface area contributed by atoms with Crippen molar-refractivity contribution in [3.8, 4) is 0 Å². The van der Waals surface area contributed by atoms with E-state index in [1.807, 2.05) is 0 Å². The van der Waals surface area contributed by atoms with E-state index in [2.05, 4.69) is 9.97 Å². The van der Waals surface area contributed by atoms with Crippen LogP contribution in [0.15, 0.2) is 58.2 Å². The standard InChI is InChI=1S/C22H24N4O5S/c1-31-14-13-25(15-20-23-19-6-3-2-5-18(19)22(28)24-20)32(29,30)17-10-8-16(9-11-17)26-12-4-7-21(26)27/h2-3,5-6,8-11H,4,7,12-15H2,1H3,(H,23,24,28). The molecule has 0 saturated carbocycles. The fraction of sp³-hybridized carbons (Fsp3) is 0.318. The molecule has 0 unspecified atom stereocenters. The molecule has 168 valence electrons. The van der Waals surface area contributed by atoms with E-state index in [1.54, 1.807) is 41.3 Å². The highest BCUT2D eigenvalue weighted by Gasteiger charge is 2.27. The minimum atomic E-state index is -3.90. The topological polar surface area (TPSA) is 113 Å². The normalized spacial score (nSPS) is 14.6. The third-order valence-electron chi connectivity index (χ3n) is 5.39. The number of ether oxygens (including phenoxy) is 1. The number of nitrogens with one attached hydrogen (secondary N) is 1. The highest BCUT2D eigenvalue weighted by atomic mass is 32.2. The number of anilines is 1. The molecule has 1 amide bonds. The molecule has 1 fully saturated rings. The molecule has 4 rings (SSSR count). The van der Waals surface area contributed by atoms with E-state index in [-0.39, 0.29) is 41.9 Å². The molecule has 9 nitrogen and oxygen atoms in total. The Balaban J connectivity index is 1.63. The Labute approximate surface area is 185 Å². The number of hydrogen-bond donors (Lipinski definition) is 1. The third-order valence-corrected chi connectivity index (χ3v) is 7.25. The molecule has 2 aromatic carbocycles. The van der Waals surface area contributed by atoms with Gasteiger partial charge in [0.15, 0.2) is 0 Å². The Hall–Kier alpha value is -3.08. The molecular weight excluding hydrogens is 432 g/mol. The summed E-state index contributed by atoms with van der Waals surface area (Å²) in [4.78, 5) is 33.2. The van der Waals surface area contributed by atoms with Crippen LogP contribution in [0.5, 0.6) is 0 Å². The number of sulfonamides is 1. The minimum absolute atomic E-state index is 0.0358.